The van der Waals surface area contributed by atoms with Crippen LogP contribution in [0.4, 0.5) is 10.5 Å². The summed E-state index contributed by atoms with van der Waals surface area (Å²) in [6.45, 7) is 1.18. The smallest absolute Gasteiger partial charge is 0.414 e. The van der Waals surface area contributed by atoms with Gasteiger partial charge < -0.3 is 10.5 Å². The van der Waals surface area contributed by atoms with Crippen molar-refractivity contribution in [2.24, 2.45) is 5.73 Å². The average Bonchev–Trinajstić information content (AvgIpc) is 3.17. The fraction of sp³-hybridized carbons (Fsp3) is 0.412. The van der Waals surface area contributed by atoms with E-state index >= 15 is 0 Å². The zero-order valence-electron chi connectivity index (χ0n) is 13.6. The molecule has 2 heterocycles. The molecule has 1 aliphatic heterocycles. The molecular formula is C17H18N6O2. The summed E-state index contributed by atoms with van der Waals surface area (Å²) < 4.78 is 7.08. The molecule has 8 nitrogen and oxygen atoms in total. The minimum atomic E-state index is -0.386. The van der Waals surface area contributed by atoms with Crippen LogP contribution in [-0.4, -0.2) is 33.7 Å². The van der Waals surface area contributed by atoms with Gasteiger partial charge in [-0.2, -0.15) is 5.26 Å². The van der Waals surface area contributed by atoms with Crippen molar-refractivity contribution in [2.75, 3.05) is 11.4 Å². The molecule has 128 valence electrons. The van der Waals surface area contributed by atoms with Crippen molar-refractivity contribution in [3.8, 4) is 6.07 Å². The first-order valence-electron chi connectivity index (χ1n) is 8.22. The quantitative estimate of drug-likeness (QED) is 0.880. The number of benzene rings is 1. The number of ether oxygens (including phenoxy) is 1. The van der Waals surface area contributed by atoms with E-state index in [9.17, 15) is 10.1 Å². The highest BCUT2D eigenvalue weighted by Gasteiger charge is 2.45. The van der Waals surface area contributed by atoms with Gasteiger partial charge in [0.05, 0.1) is 30.3 Å². The molecule has 1 amide bonds. The number of carbonyl (C=O) groups is 1. The first kappa shape index (κ1) is 15.6. The Morgan fingerprint density at radius 1 is 1.44 bits per heavy atom. The lowest BCUT2D eigenvalue weighted by Crippen LogP contribution is -2.26. The number of hydrogen-bond acceptors (Lipinski definition) is 6. The normalized spacial score (nSPS) is 21.0. The van der Waals surface area contributed by atoms with Crippen molar-refractivity contribution < 1.29 is 9.53 Å². The van der Waals surface area contributed by atoms with Crippen LogP contribution in [-0.2, 0) is 23.2 Å². The van der Waals surface area contributed by atoms with Crippen molar-refractivity contribution >= 4 is 11.8 Å². The maximum absolute atomic E-state index is 12.3. The second kappa shape index (κ2) is 5.86. The summed E-state index contributed by atoms with van der Waals surface area (Å²) in [5.74, 6) is 0. The molecule has 2 N–H and O–H groups in total. The molecule has 1 saturated carbocycles. The molecule has 1 atom stereocenters. The summed E-state index contributed by atoms with van der Waals surface area (Å²) in [5, 5.41) is 17.3. The SMILES string of the molecule is N#CC1(c2cccc(N3CC(Cn4cc(CN)nn4)OC3=O)c2)CC1. The van der Waals surface area contributed by atoms with Gasteiger partial charge in [-0.3, -0.25) is 4.90 Å². The summed E-state index contributed by atoms with van der Waals surface area (Å²) in [6, 6.07) is 10.00. The third kappa shape index (κ3) is 2.83. The van der Waals surface area contributed by atoms with Crippen molar-refractivity contribution in [2.45, 2.75) is 37.5 Å². The maximum atomic E-state index is 12.3. The molecule has 2 aliphatic rings. The lowest BCUT2D eigenvalue weighted by atomic mass is 9.97. The Hall–Kier alpha value is -2.92. The Morgan fingerprint density at radius 2 is 2.28 bits per heavy atom. The standard InChI is InChI=1S/C17H18N6O2/c18-7-13-8-22(21-20-13)9-15-10-23(16(24)25-15)14-3-1-2-12(6-14)17(11-19)4-5-17/h1-3,6,8,15H,4-5,7,9-10,18H2. The van der Waals surface area contributed by atoms with E-state index in [1.807, 2.05) is 24.3 Å². The second-order valence-corrected chi connectivity index (χ2v) is 6.50. The summed E-state index contributed by atoms with van der Waals surface area (Å²) in [6.07, 6.45) is 2.80. The lowest BCUT2D eigenvalue weighted by Gasteiger charge is -2.15. The van der Waals surface area contributed by atoms with Gasteiger partial charge in [0, 0.05) is 18.4 Å². The monoisotopic (exact) mass is 338 g/mol. The maximum Gasteiger partial charge on any atom is 0.414 e. The fourth-order valence-corrected chi connectivity index (χ4v) is 3.12. The van der Waals surface area contributed by atoms with Crippen LogP contribution in [0.3, 0.4) is 0 Å². The molecule has 1 saturated heterocycles. The van der Waals surface area contributed by atoms with Crippen LogP contribution in [0.1, 0.15) is 24.1 Å². The van der Waals surface area contributed by atoms with E-state index in [-0.39, 0.29) is 17.6 Å². The van der Waals surface area contributed by atoms with Gasteiger partial charge in [-0.05, 0) is 30.5 Å². The topological polar surface area (TPSA) is 110 Å². The van der Waals surface area contributed by atoms with Crippen LogP contribution in [0.5, 0.6) is 0 Å². The number of rotatable bonds is 5. The number of hydrogen-bond donors (Lipinski definition) is 1. The van der Waals surface area contributed by atoms with Crippen LogP contribution in [0, 0.1) is 11.3 Å². The Labute approximate surface area is 144 Å². The molecule has 0 spiro atoms. The van der Waals surface area contributed by atoms with E-state index < -0.39 is 0 Å². The zero-order chi connectivity index (χ0) is 17.4. The molecule has 25 heavy (non-hydrogen) atoms. The summed E-state index contributed by atoms with van der Waals surface area (Å²) in [7, 11) is 0. The van der Waals surface area contributed by atoms with E-state index in [1.165, 1.54) is 0 Å². The largest absolute Gasteiger partial charge is 0.442 e. The van der Waals surface area contributed by atoms with Crippen molar-refractivity contribution in [1.82, 2.24) is 15.0 Å². The minimum Gasteiger partial charge on any atom is -0.442 e. The van der Waals surface area contributed by atoms with E-state index in [0.717, 1.165) is 24.1 Å². The van der Waals surface area contributed by atoms with Crippen LogP contribution in [0.25, 0.3) is 0 Å². The van der Waals surface area contributed by atoms with Crippen LogP contribution < -0.4 is 10.6 Å². The molecule has 1 aliphatic carbocycles. The summed E-state index contributed by atoms with van der Waals surface area (Å²) >= 11 is 0. The first-order chi connectivity index (χ1) is 12.1. The highest BCUT2D eigenvalue weighted by Crippen LogP contribution is 2.48. The second-order valence-electron chi connectivity index (χ2n) is 6.50. The van der Waals surface area contributed by atoms with Gasteiger partial charge in [0.2, 0.25) is 0 Å². The lowest BCUT2D eigenvalue weighted by molar-refractivity contribution is 0.129. The van der Waals surface area contributed by atoms with E-state index in [2.05, 4.69) is 16.4 Å². The molecule has 2 fully saturated rings. The van der Waals surface area contributed by atoms with Crippen molar-refractivity contribution in [3.63, 3.8) is 0 Å². The number of amides is 1. The molecule has 2 aromatic rings. The highest BCUT2D eigenvalue weighted by atomic mass is 16.6. The summed E-state index contributed by atoms with van der Waals surface area (Å²) in [4.78, 5) is 13.9. The third-order valence-corrected chi connectivity index (χ3v) is 4.73. The first-order valence-corrected chi connectivity index (χ1v) is 8.22. The third-order valence-electron chi connectivity index (χ3n) is 4.73. The van der Waals surface area contributed by atoms with Crippen LogP contribution in [0.15, 0.2) is 30.5 Å². The minimum absolute atomic E-state index is 0.311. The number of anilines is 1. The molecular weight excluding hydrogens is 320 g/mol. The Bertz CT molecular complexity index is 851. The van der Waals surface area contributed by atoms with Gasteiger partial charge in [0.15, 0.2) is 0 Å². The number of cyclic esters (lactones) is 1. The number of carbonyl (C=O) groups excluding carboxylic acids is 1. The predicted octanol–water partition coefficient (Wildman–Crippen LogP) is 1.32. The van der Waals surface area contributed by atoms with Gasteiger partial charge in [0.25, 0.3) is 0 Å². The highest BCUT2D eigenvalue weighted by molar-refractivity contribution is 5.89. The molecule has 0 bridgehead atoms. The molecule has 1 aromatic heterocycles. The molecule has 1 aromatic carbocycles. The molecule has 0 radical (unpaired) electrons. The number of nitriles is 1. The van der Waals surface area contributed by atoms with Crippen molar-refractivity contribution in [1.29, 1.82) is 5.26 Å². The number of nitrogens with two attached hydrogens (primary N) is 1. The Morgan fingerprint density at radius 3 is 2.96 bits per heavy atom. The van der Waals surface area contributed by atoms with Gasteiger partial charge in [-0.15, -0.1) is 5.10 Å². The van der Waals surface area contributed by atoms with Gasteiger partial charge in [-0.25, -0.2) is 9.48 Å². The molecule has 4 rings (SSSR count). The number of nitrogens with zero attached hydrogens (tertiary/aromatic N) is 5. The van der Waals surface area contributed by atoms with E-state index in [4.69, 9.17) is 10.5 Å². The molecule has 1 unspecified atom stereocenters. The predicted molar refractivity (Wildman–Crippen MR) is 88.5 cm³/mol. The fourth-order valence-electron chi connectivity index (χ4n) is 3.12. The number of aromatic nitrogens is 3. The van der Waals surface area contributed by atoms with Gasteiger partial charge in [0.1, 0.15) is 6.10 Å². The van der Waals surface area contributed by atoms with E-state index in [0.29, 0.717) is 25.3 Å². The van der Waals surface area contributed by atoms with E-state index in [1.54, 1.807) is 15.8 Å². The van der Waals surface area contributed by atoms with Crippen LogP contribution in [0.2, 0.25) is 0 Å². The van der Waals surface area contributed by atoms with Crippen LogP contribution >= 0.6 is 0 Å². The van der Waals surface area contributed by atoms with Gasteiger partial charge >= 0.3 is 6.09 Å². The average molecular weight is 338 g/mol. The van der Waals surface area contributed by atoms with Gasteiger partial charge in [-0.1, -0.05) is 17.3 Å². The molecule has 8 heteroatoms. The summed E-state index contributed by atoms with van der Waals surface area (Å²) in [5.41, 5.74) is 7.57. The Kier molecular flexibility index (Phi) is 3.66. The Balaban J connectivity index is 1.49. The zero-order valence-corrected chi connectivity index (χ0v) is 13.6. The van der Waals surface area contributed by atoms with Crippen molar-refractivity contribution in [3.05, 3.63) is 41.7 Å².